The van der Waals surface area contributed by atoms with Gasteiger partial charge in [-0.1, -0.05) is 17.4 Å². The molecule has 0 saturated carbocycles. The summed E-state index contributed by atoms with van der Waals surface area (Å²) in [6, 6.07) is 13.2. The van der Waals surface area contributed by atoms with Crippen molar-refractivity contribution in [3.8, 4) is 17.2 Å². The van der Waals surface area contributed by atoms with Gasteiger partial charge in [-0.2, -0.15) is 0 Å². The van der Waals surface area contributed by atoms with Gasteiger partial charge in [0.1, 0.15) is 17.2 Å². The summed E-state index contributed by atoms with van der Waals surface area (Å²) in [7, 11) is 3.27. The molecule has 2 heterocycles. The average Bonchev–Trinajstić information content (AvgIpc) is 3.21. The number of rotatable bonds is 6. The molecule has 1 aliphatic rings. The third-order valence-corrected chi connectivity index (χ3v) is 5.97. The number of anilines is 1. The van der Waals surface area contributed by atoms with Gasteiger partial charge in [0.2, 0.25) is 0 Å². The predicted molar refractivity (Wildman–Crippen MR) is 113 cm³/mol. The molecule has 4 rings (SSSR count). The Morgan fingerprint density at radius 3 is 2.48 bits per heavy atom. The van der Waals surface area contributed by atoms with E-state index in [9.17, 15) is 4.79 Å². The highest BCUT2D eigenvalue weighted by molar-refractivity contribution is 7.22. The maximum Gasteiger partial charge on any atom is 0.260 e. The number of nitrogens with zero attached hydrogens (tertiary/aromatic N) is 3. The summed E-state index contributed by atoms with van der Waals surface area (Å²) in [4.78, 5) is 21.3. The molecule has 1 amide bonds. The zero-order chi connectivity index (χ0) is 20.2. The monoisotopic (exact) mass is 413 g/mol. The van der Waals surface area contributed by atoms with Crippen molar-refractivity contribution in [1.82, 2.24) is 9.88 Å². The molecular formula is C21H23N3O4S. The highest BCUT2D eigenvalue weighted by Gasteiger charge is 2.23. The van der Waals surface area contributed by atoms with Crippen LogP contribution in [0, 0.1) is 0 Å². The van der Waals surface area contributed by atoms with Gasteiger partial charge in [0.05, 0.1) is 24.4 Å². The van der Waals surface area contributed by atoms with Gasteiger partial charge in [-0.25, -0.2) is 4.98 Å². The Hall–Kier alpha value is -3.00. The van der Waals surface area contributed by atoms with Crippen LogP contribution in [-0.4, -0.2) is 62.8 Å². The lowest BCUT2D eigenvalue weighted by Gasteiger charge is -2.34. The van der Waals surface area contributed by atoms with Crippen molar-refractivity contribution in [2.24, 2.45) is 0 Å². The van der Waals surface area contributed by atoms with Crippen LogP contribution < -0.4 is 19.1 Å². The predicted octanol–water partition coefficient (Wildman–Crippen LogP) is 3.04. The van der Waals surface area contributed by atoms with E-state index in [0.717, 1.165) is 34.2 Å². The van der Waals surface area contributed by atoms with E-state index in [1.54, 1.807) is 31.6 Å². The first-order valence-corrected chi connectivity index (χ1v) is 10.2. The third kappa shape index (κ3) is 4.37. The summed E-state index contributed by atoms with van der Waals surface area (Å²) in [6.07, 6.45) is 0. The van der Waals surface area contributed by atoms with Crippen LogP contribution in [0.15, 0.2) is 42.5 Å². The molecule has 8 heteroatoms. The van der Waals surface area contributed by atoms with Crippen molar-refractivity contribution in [3.63, 3.8) is 0 Å². The van der Waals surface area contributed by atoms with Gasteiger partial charge < -0.3 is 24.0 Å². The van der Waals surface area contributed by atoms with Gasteiger partial charge in [0.25, 0.3) is 5.91 Å². The van der Waals surface area contributed by atoms with E-state index in [-0.39, 0.29) is 12.5 Å². The molecule has 2 aromatic carbocycles. The van der Waals surface area contributed by atoms with E-state index >= 15 is 0 Å². The summed E-state index contributed by atoms with van der Waals surface area (Å²) >= 11 is 1.65. The molecule has 0 unspecified atom stereocenters. The molecule has 0 N–H and O–H groups in total. The minimum absolute atomic E-state index is 0.0125. The number of piperazine rings is 1. The van der Waals surface area contributed by atoms with E-state index in [2.05, 4.69) is 4.90 Å². The first-order valence-electron chi connectivity index (χ1n) is 9.40. The van der Waals surface area contributed by atoms with E-state index < -0.39 is 0 Å². The van der Waals surface area contributed by atoms with E-state index in [4.69, 9.17) is 19.2 Å². The summed E-state index contributed by atoms with van der Waals surface area (Å²) in [6.45, 7) is 2.83. The number of carbonyl (C=O) groups excluding carboxylic acids is 1. The Balaban J connectivity index is 1.32. The number of ether oxygens (including phenoxy) is 3. The fraction of sp³-hybridized carbons (Fsp3) is 0.333. The first kappa shape index (κ1) is 19.3. The van der Waals surface area contributed by atoms with E-state index in [1.165, 1.54) is 0 Å². The maximum atomic E-state index is 12.5. The first-order chi connectivity index (χ1) is 14.2. The van der Waals surface area contributed by atoms with Gasteiger partial charge >= 0.3 is 0 Å². The van der Waals surface area contributed by atoms with Crippen LogP contribution in [0.2, 0.25) is 0 Å². The summed E-state index contributed by atoms with van der Waals surface area (Å²) in [5.74, 6) is 2.15. The van der Waals surface area contributed by atoms with Crippen LogP contribution in [0.3, 0.4) is 0 Å². The van der Waals surface area contributed by atoms with Crippen molar-refractivity contribution in [2.45, 2.75) is 0 Å². The number of aromatic nitrogens is 1. The number of benzene rings is 2. The number of hydrogen-bond acceptors (Lipinski definition) is 7. The molecule has 1 fully saturated rings. The quantitative estimate of drug-likeness (QED) is 0.619. The second-order valence-electron chi connectivity index (χ2n) is 6.67. The normalized spacial score (nSPS) is 14.1. The van der Waals surface area contributed by atoms with E-state index in [1.807, 2.05) is 41.3 Å². The second kappa shape index (κ2) is 8.57. The molecule has 7 nitrogen and oxygen atoms in total. The second-order valence-corrected chi connectivity index (χ2v) is 7.67. The number of hydrogen-bond donors (Lipinski definition) is 0. The average molecular weight is 413 g/mol. The van der Waals surface area contributed by atoms with Gasteiger partial charge in [-0.05, 0) is 30.3 Å². The van der Waals surface area contributed by atoms with Crippen LogP contribution in [0.4, 0.5) is 5.13 Å². The lowest BCUT2D eigenvalue weighted by molar-refractivity contribution is -0.133. The summed E-state index contributed by atoms with van der Waals surface area (Å²) in [5, 5.41) is 0.980. The maximum absolute atomic E-state index is 12.5. The number of fused-ring (bicyclic) bond motifs is 1. The van der Waals surface area contributed by atoms with E-state index in [0.29, 0.717) is 24.6 Å². The Morgan fingerprint density at radius 1 is 1.00 bits per heavy atom. The fourth-order valence-electron chi connectivity index (χ4n) is 3.23. The van der Waals surface area contributed by atoms with Gasteiger partial charge in [-0.15, -0.1) is 0 Å². The van der Waals surface area contributed by atoms with Crippen molar-refractivity contribution < 1.29 is 19.0 Å². The summed E-state index contributed by atoms with van der Waals surface area (Å²) in [5.41, 5.74) is 0.969. The van der Waals surface area contributed by atoms with Crippen LogP contribution in [0.5, 0.6) is 17.2 Å². The summed E-state index contributed by atoms with van der Waals surface area (Å²) < 4.78 is 17.2. The van der Waals surface area contributed by atoms with Crippen molar-refractivity contribution in [2.75, 3.05) is 51.9 Å². The lowest BCUT2D eigenvalue weighted by atomic mass is 10.3. The Kier molecular flexibility index (Phi) is 5.71. The molecule has 1 aromatic heterocycles. The molecule has 0 radical (unpaired) electrons. The van der Waals surface area contributed by atoms with Crippen molar-refractivity contribution in [3.05, 3.63) is 42.5 Å². The highest BCUT2D eigenvalue weighted by Crippen LogP contribution is 2.31. The minimum Gasteiger partial charge on any atom is -0.497 e. The third-order valence-electron chi connectivity index (χ3n) is 4.89. The fourth-order valence-corrected chi connectivity index (χ4v) is 4.28. The number of thiazole rings is 1. The molecule has 0 atom stereocenters. The number of amides is 1. The standard InChI is InChI=1S/C21H23N3O4S/c1-26-15-4-3-5-17(12-15)28-14-20(25)23-8-10-24(11-9-23)21-22-18-7-6-16(27-2)13-19(18)29-21/h3-7,12-13H,8-11,14H2,1-2H3. The van der Waals surface area contributed by atoms with Crippen LogP contribution >= 0.6 is 11.3 Å². The Bertz CT molecular complexity index is 999. The van der Waals surface area contributed by atoms with Gasteiger partial charge in [0, 0.05) is 32.2 Å². The van der Waals surface area contributed by atoms with Crippen LogP contribution in [-0.2, 0) is 4.79 Å². The molecule has 1 aliphatic heterocycles. The Morgan fingerprint density at radius 2 is 1.72 bits per heavy atom. The molecule has 1 saturated heterocycles. The highest BCUT2D eigenvalue weighted by atomic mass is 32.1. The van der Waals surface area contributed by atoms with Crippen molar-refractivity contribution >= 4 is 32.6 Å². The molecule has 152 valence electrons. The molecule has 29 heavy (non-hydrogen) atoms. The largest absolute Gasteiger partial charge is 0.497 e. The van der Waals surface area contributed by atoms with Crippen LogP contribution in [0.25, 0.3) is 10.2 Å². The minimum atomic E-state index is -0.0125. The molecule has 0 aliphatic carbocycles. The molecular weight excluding hydrogens is 390 g/mol. The van der Waals surface area contributed by atoms with Gasteiger partial charge in [0.15, 0.2) is 11.7 Å². The smallest absolute Gasteiger partial charge is 0.260 e. The number of carbonyl (C=O) groups is 1. The van der Waals surface area contributed by atoms with Crippen LogP contribution in [0.1, 0.15) is 0 Å². The topological polar surface area (TPSA) is 64.1 Å². The molecule has 0 bridgehead atoms. The zero-order valence-corrected chi connectivity index (χ0v) is 17.3. The molecule has 3 aromatic rings. The van der Waals surface area contributed by atoms with Gasteiger partial charge in [-0.3, -0.25) is 4.79 Å². The lowest BCUT2D eigenvalue weighted by Crippen LogP contribution is -2.50. The Labute approximate surface area is 173 Å². The SMILES string of the molecule is COc1cccc(OCC(=O)N2CCN(c3nc4ccc(OC)cc4s3)CC2)c1. The molecule has 0 spiro atoms. The number of methoxy groups -OCH3 is 2. The zero-order valence-electron chi connectivity index (χ0n) is 16.5. The van der Waals surface area contributed by atoms with Crippen molar-refractivity contribution in [1.29, 1.82) is 0 Å².